The van der Waals surface area contributed by atoms with E-state index < -0.39 is 23.8 Å². The van der Waals surface area contributed by atoms with Crippen LogP contribution in [0.4, 0.5) is 13.6 Å². The van der Waals surface area contributed by atoms with Gasteiger partial charge < -0.3 is 14.6 Å². The number of nitrogens with zero attached hydrogens (tertiary/aromatic N) is 3. The molecule has 0 spiro atoms. The van der Waals surface area contributed by atoms with Crippen molar-refractivity contribution in [2.24, 2.45) is 0 Å². The number of fused-ring (bicyclic) bond motifs is 1. The minimum Gasteiger partial charge on any atom is -0.435 e. The van der Waals surface area contributed by atoms with Crippen molar-refractivity contribution in [1.29, 1.82) is 0 Å². The number of carbonyl (C=O) groups excluding carboxylic acids is 3. The minimum atomic E-state index is -2.93. The van der Waals surface area contributed by atoms with Gasteiger partial charge in [0.2, 0.25) is 5.91 Å². The zero-order valence-electron chi connectivity index (χ0n) is 18.0. The molecule has 4 rings (SSSR count). The number of benzene rings is 2. The topological polar surface area (TPSA) is 93.5 Å². The van der Waals surface area contributed by atoms with E-state index in [9.17, 15) is 23.2 Å². The summed E-state index contributed by atoms with van der Waals surface area (Å²) in [5.74, 6) is -0.753. The highest BCUT2D eigenvalue weighted by Gasteiger charge is 2.34. The Hall–Kier alpha value is -3.73. The molecule has 1 fully saturated rings. The van der Waals surface area contributed by atoms with Crippen molar-refractivity contribution in [2.45, 2.75) is 19.6 Å². The predicted molar refractivity (Wildman–Crippen MR) is 123 cm³/mol. The molecular formula is C23H20F2N4O4S. The van der Waals surface area contributed by atoms with Crippen LogP contribution in [0.25, 0.3) is 17.1 Å². The Morgan fingerprint density at radius 3 is 2.65 bits per heavy atom. The number of nitrogens with one attached hydrogen (secondary N) is 1. The lowest BCUT2D eigenvalue weighted by Gasteiger charge is -2.17. The fourth-order valence-electron chi connectivity index (χ4n) is 3.44. The molecule has 2 aromatic carbocycles. The first-order chi connectivity index (χ1) is 16.3. The van der Waals surface area contributed by atoms with Crippen LogP contribution >= 0.6 is 11.8 Å². The Balaban J connectivity index is 1.33. The Kier molecular flexibility index (Phi) is 6.92. The number of halogens is 2. The van der Waals surface area contributed by atoms with E-state index in [4.69, 9.17) is 0 Å². The lowest BCUT2D eigenvalue weighted by molar-refractivity contribution is -0.125. The van der Waals surface area contributed by atoms with Crippen molar-refractivity contribution in [3.63, 3.8) is 0 Å². The summed E-state index contributed by atoms with van der Waals surface area (Å²) in [7, 11) is 0. The van der Waals surface area contributed by atoms with Gasteiger partial charge in [-0.2, -0.15) is 8.78 Å². The maximum absolute atomic E-state index is 12.6. The number of rotatable bonds is 8. The highest BCUT2D eigenvalue weighted by molar-refractivity contribution is 8.18. The number of aromatic nitrogens is 2. The molecule has 1 aliphatic heterocycles. The number of carbonyl (C=O) groups is 3. The molecule has 0 aliphatic carbocycles. The molecular weight excluding hydrogens is 466 g/mol. The molecule has 3 amide bonds. The molecule has 176 valence electrons. The number of hydrogen-bond donors (Lipinski definition) is 1. The number of imide groups is 1. The highest BCUT2D eigenvalue weighted by atomic mass is 32.2. The van der Waals surface area contributed by atoms with Gasteiger partial charge in [-0.3, -0.25) is 19.3 Å². The average Bonchev–Trinajstić information content (AvgIpc) is 3.35. The molecule has 1 N–H and O–H groups in total. The second-order valence-corrected chi connectivity index (χ2v) is 8.38. The van der Waals surface area contributed by atoms with E-state index in [0.717, 1.165) is 27.7 Å². The first kappa shape index (κ1) is 23.4. The monoisotopic (exact) mass is 486 g/mol. The summed E-state index contributed by atoms with van der Waals surface area (Å²) in [6.07, 6.45) is 3.10. The van der Waals surface area contributed by atoms with Gasteiger partial charge in [0.15, 0.2) is 0 Å². The maximum Gasteiger partial charge on any atom is 0.387 e. The quantitative estimate of drug-likeness (QED) is 0.483. The van der Waals surface area contributed by atoms with E-state index in [-0.39, 0.29) is 29.7 Å². The normalized spacial score (nSPS) is 16.0. The van der Waals surface area contributed by atoms with Crippen LogP contribution in [-0.4, -0.2) is 51.2 Å². The van der Waals surface area contributed by atoms with Crippen molar-refractivity contribution in [3.05, 3.63) is 65.3 Å². The van der Waals surface area contributed by atoms with Gasteiger partial charge in [-0.05, 0) is 54.6 Å². The van der Waals surface area contributed by atoms with E-state index in [1.165, 1.54) is 30.3 Å². The summed E-state index contributed by atoms with van der Waals surface area (Å²) in [4.78, 5) is 43.1. The minimum absolute atomic E-state index is 0.00563. The fourth-order valence-corrected chi connectivity index (χ4v) is 4.31. The highest BCUT2D eigenvalue weighted by Crippen LogP contribution is 2.32. The van der Waals surface area contributed by atoms with E-state index in [2.05, 4.69) is 15.0 Å². The molecule has 2 heterocycles. The molecule has 0 bridgehead atoms. The Bertz CT molecular complexity index is 1260. The van der Waals surface area contributed by atoms with Gasteiger partial charge >= 0.3 is 6.61 Å². The average molecular weight is 487 g/mol. The number of hydrogen-bond acceptors (Lipinski definition) is 6. The van der Waals surface area contributed by atoms with Crippen molar-refractivity contribution >= 4 is 45.9 Å². The largest absolute Gasteiger partial charge is 0.435 e. The van der Waals surface area contributed by atoms with Crippen LogP contribution in [0.3, 0.4) is 0 Å². The zero-order chi connectivity index (χ0) is 24.2. The third-order valence-corrected chi connectivity index (χ3v) is 6.10. The van der Waals surface area contributed by atoms with Gasteiger partial charge in [-0.1, -0.05) is 24.3 Å². The number of alkyl halides is 2. The van der Waals surface area contributed by atoms with Crippen molar-refractivity contribution in [1.82, 2.24) is 19.8 Å². The molecule has 1 unspecified atom stereocenters. The molecule has 0 radical (unpaired) electrons. The number of para-hydroxylation sites is 2. The molecule has 34 heavy (non-hydrogen) atoms. The third-order valence-electron chi connectivity index (χ3n) is 5.19. The van der Waals surface area contributed by atoms with Gasteiger partial charge in [-0.15, -0.1) is 0 Å². The van der Waals surface area contributed by atoms with Gasteiger partial charge in [0.05, 0.1) is 22.3 Å². The van der Waals surface area contributed by atoms with Crippen LogP contribution < -0.4 is 10.1 Å². The predicted octanol–water partition coefficient (Wildman–Crippen LogP) is 4.05. The SMILES string of the molecule is CC(C(=O)NCCN1C(=O)S/C(=C\c2ccc(OC(F)F)cc2)C1=O)n1cnc2ccccc21. The second-order valence-electron chi connectivity index (χ2n) is 7.39. The van der Waals surface area contributed by atoms with Crippen LogP contribution in [-0.2, 0) is 9.59 Å². The molecule has 3 aromatic rings. The standard InChI is InChI=1S/C23H20F2N4O4S/c1-14(29-13-27-17-4-2-3-5-18(17)29)20(30)26-10-11-28-21(31)19(34-23(28)32)12-15-6-8-16(9-7-15)33-22(24)25/h2-9,12-14,22H,10-11H2,1H3,(H,26,30)/b19-12-. The van der Waals surface area contributed by atoms with E-state index >= 15 is 0 Å². The van der Waals surface area contributed by atoms with Crippen molar-refractivity contribution in [3.8, 4) is 5.75 Å². The second kappa shape index (κ2) is 10.0. The van der Waals surface area contributed by atoms with Gasteiger partial charge in [0.1, 0.15) is 11.8 Å². The first-order valence-corrected chi connectivity index (χ1v) is 11.1. The van der Waals surface area contributed by atoms with Crippen LogP contribution in [0.5, 0.6) is 5.75 Å². The molecule has 1 aromatic heterocycles. The summed E-state index contributed by atoms with van der Waals surface area (Å²) >= 11 is 0.778. The van der Waals surface area contributed by atoms with Gasteiger partial charge in [-0.25, -0.2) is 4.98 Å². The number of amides is 3. The summed E-state index contributed by atoms with van der Waals surface area (Å²) < 4.78 is 30.6. The Morgan fingerprint density at radius 1 is 1.18 bits per heavy atom. The smallest absolute Gasteiger partial charge is 0.387 e. The molecule has 0 saturated carbocycles. The molecule has 11 heteroatoms. The fraction of sp³-hybridized carbons (Fsp3) is 0.217. The molecule has 1 aliphatic rings. The van der Waals surface area contributed by atoms with E-state index in [0.29, 0.717) is 5.56 Å². The van der Waals surface area contributed by atoms with Crippen LogP contribution in [0.2, 0.25) is 0 Å². The maximum atomic E-state index is 12.6. The third kappa shape index (κ3) is 5.09. The molecule has 1 atom stereocenters. The van der Waals surface area contributed by atoms with Crippen LogP contribution in [0.1, 0.15) is 18.5 Å². The van der Waals surface area contributed by atoms with Crippen LogP contribution in [0, 0.1) is 0 Å². The Morgan fingerprint density at radius 2 is 1.91 bits per heavy atom. The lowest BCUT2D eigenvalue weighted by atomic mass is 10.2. The zero-order valence-corrected chi connectivity index (χ0v) is 18.8. The van der Waals surface area contributed by atoms with E-state index in [1.54, 1.807) is 17.8 Å². The Labute approximate surface area is 197 Å². The van der Waals surface area contributed by atoms with Gasteiger partial charge in [0.25, 0.3) is 11.1 Å². The molecule has 8 nitrogen and oxygen atoms in total. The van der Waals surface area contributed by atoms with Crippen molar-refractivity contribution in [2.75, 3.05) is 13.1 Å². The summed E-state index contributed by atoms with van der Waals surface area (Å²) in [5.41, 5.74) is 2.17. The lowest BCUT2D eigenvalue weighted by Crippen LogP contribution is -2.39. The number of imidazole rings is 1. The number of ether oxygens (including phenoxy) is 1. The van der Waals surface area contributed by atoms with Crippen LogP contribution in [0.15, 0.2) is 59.8 Å². The molecule has 1 saturated heterocycles. The first-order valence-electron chi connectivity index (χ1n) is 10.3. The van der Waals surface area contributed by atoms with Crippen molar-refractivity contribution < 1.29 is 27.9 Å². The summed E-state index contributed by atoms with van der Waals surface area (Å²) in [6.45, 7) is -1.07. The van der Waals surface area contributed by atoms with Gasteiger partial charge in [0, 0.05) is 13.1 Å². The summed E-state index contributed by atoms with van der Waals surface area (Å²) in [5, 5.41) is 2.30. The van der Waals surface area contributed by atoms with E-state index in [1.807, 2.05) is 24.3 Å². The number of thioether (sulfide) groups is 1. The summed E-state index contributed by atoms with van der Waals surface area (Å²) in [6, 6.07) is 12.6.